The molecule has 0 aliphatic rings. The van der Waals surface area contributed by atoms with Gasteiger partial charge in [0.05, 0.1) is 13.7 Å². The van der Waals surface area contributed by atoms with Gasteiger partial charge in [-0.15, -0.1) is 0 Å². The third kappa shape index (κ3) is 4.39. The smallest absolute Gasteiger partial charge is 0.262 e. The molecular weight excluding hydrogens is 230 g/mol. The number of aromatic nitrogens is 2. The number of methoxy groups -OCH3 is 1. The highest BCUT2D eigenvalue weighted by Gasteiger charge is 2.13. The minimum absolute atomic E-state index is 0.506. The van der Waals surface area contributed by atoms with Crippen LogP contribution in [0.1, 0.15) is 33.6 Å². The van der Waals surface area contributed by atoms with Gasteiger partial charge in [0.15, 0.2) is 5.82 Å². The van der Waals surface area contributed by atoms with Crippen LogP contribution in [0.4, 0.5) is 5.82 Å². The summed E-state index contributed by atoms with van der Waals surface area (Å²) in [4.78, 5) is 8.28. The van der Waals surface area contributed by atoms with Gasteiger partial charge in [0, 0.05) is 6.54 Å². The molecule has 1 heterocycles. The van der Waals surface area contributed by atoms with Crippen molar-refractivity contribution in [2.45, 2.75) is 33.6 Å². The summed E-state index contributed by atoms with van der Waals surface area (Å²) in [6.07, 6.45) is 3.51. The molecule has 1 aromatic rings. The van der Waals surface area contributed by atoms with E-state index in [4.69, 9.17) is 9.47 Å². The third-order valence-corrected chi connectivity index (χ3v) is 2.45. The molecule has 0 aliphatic heterocycles. The van der Waals surface area contributed by atoms with Gasteiger partial charge in [0.25, 0.3) is 5.88 Å². The summed E-state index contributed by atoms with van der Waals surface area (Å²) in [5, 5.41) is 3.20. The number of hydrogen-bond donors (Lipinski definition) is 1. The van der Waals surface area contributed by atoms with E-state index in [1.807, 2.05) is 0 Å². The Kier molecular flexibility index (Phi) is 6.25. The van der Waals surface area contributed by atoms with Gasteiger partial charge in [-0.2, -0.15) is 4.98 Å². The van der Waals surface area contributed by atoms with Gasteiger partial charge in [-0.1, -0.05) is 20.8 Å². The number of nitrogens with zero attached hydrogens (tertiary/aromatic N) is 2. The second kappa shape index (κ2) is 7.74. The van der Waals surface area contributed by atoms with Gasteiger partial charge in [0.2, 0.25) is 5.75 Å². The monoisotopic (exact) mass is 253 g/mol. The average Bonchev–Trinajstić information content (AvgIpc) is 2.36. The first-order valence-corrected chi connectivity index (χ1v) is 6.44. The van der Waals surface area contributed by atoms with Gasteiger partial charge in [-0.3, -0.25) is 0 Å². The molecule has 1 rings (SSSR count). The van der Waals surface area contributed by atoms with E-state index in [0.717, 1.165) is 19.4 Å². The molecule has 0 saturated carbocycles. The molecule has 0 unspecified atom stereocenters. The minimum Gasteiger partial charge on any atom is -0.489 e. The van der Waals surface area contributed by atoms with Crippen LogP contribution in [0.2, 0.25) is 0 Å². The fourth-order valence-corrected chi connectivity index (χ4v) is 1.41. The molecule has 102 valence electrons. The maximum atomic E-state index is 5.64. The van der Waals surface area contributed by atoms with Crippen LogP contribution in [-0.4, -0.2) is 30.2 Å². The molecule has 5 nitrogen and oxygen atoms in total. The first-order chi connectivity index (χ1) is 8.69. The van der Waals surface area contributed by atoms with Crippen LogP contribution in [0, 0.1) is 5.92 Å². The number of hydrogen-bond acceptors (Lipinski definition) is 5. The Balaban J connectivity index is 2.71. The molecule has 0 atom stereocenters. The van der Waals surface area contributed by atoms with E-state index in [1.165, 1.54) is 6.33 Å². The quantitative estimate of drug-likeness (QED) is 0.772. The topological polar surface area (TPSA) is 56.3 Å². The third-order valence-electron chi connectivity index (χ3n) is 2.45. The summed E-state index contributed by atoms with van der Waals surface area (Å²) in [7, 11) is 1.60. The Labute approximate surface area is 109 Å². The maximum absolute atomic E-state index is 5.64. The van der Waals surface area contributed by atoms with Crippen LogP contribution in [0.5, 0.6) is 11.6 Å². The second-order valence-electron chi connectivity index (χ2n) is 4.52. The summed E-state index contributed by atoms with van der Waals surface area (Å²) in [6.45, 7) is 7.90. The van der Waals surface area contributed by atoms with E-state index >= 15 is 0 Å². The lowest BCUT2D eigenvalue weighted by atomic mass is 10.1. The van der Waals surface area contributed by atoms with E-state index in [0.29, 0.717) is 30.0 Å². The van der Waals surface area contributed by atoms with Crippen molar-refractivity contribution in [1.29, 1.82) is 0 Å². The lowest BCUT2D eigenvalue weighted by molar-refractivity contribution is 0.262. The molecular formula is C13H23N3O2. The number of ether oxygens (including phenoxy) is 2. The SMILES string of the molecule is CCCNc1ncnc(OCCC(C)C)c1OC. The highest BCUT2D eigenvalue weighted by atomic mass is 16.5. The second-order valence-corrected chi connectivity index (χ2v) is 4.52. The summed E-state index contributed by atoms with van der Waals surface area (Å²) >= 11 is 0. The van der Waals surface area contributed by atoms with Crippen molar-refractivity contribution < 1.29 is 9.47 Å². The maximum Gasteiger partial charge on any atom is 0.262 e. The molecule has 18 heavy (non-hydrogen) atoms. The molecule has 0 spiro atoms. The van der Waals surface area contributed by atoms with Crippen LogP contribution in [0.25, 0.3) is 0 Å². The van der Waals surface area contributed by atoms with Gasteiger partial charge >= 0.3 is 0 Å². The fourth-order valence-electron chi connectivity index (χ4n) is 1.41. The number of rotatable bonds is 8. The Hall–Kier alpha value is -1.52. The largest absolute Gasteiger partial charge is 0.489 e. The van der Waals surface area contributed by atoms with Gasteiger partial charge < -0.3 is 14.8 Å². The van der Waals surface area contributed by atoms with E-state index in [1.54, 1.807) is 7.11 Å². The lowest BCUT2D eigenvalue weighted by Crippen LogP contribution is -2.08. The Bertz CT molecular complexity index is 356. The van der Waals surface area contributed by atoms with Crippen LogP contribution >= 0.6 is 0 Å². The van der Waals surface area contributed by atoms with E-state index in [2.05, 4.69) is 36.1 Å². The lowest BCUT2D eigenvalue weighted by Gasteiger charge is -2.13. The molecule has 1 aromatic heterocycles. The van der Waals surface area contributed by atoms with Crippen LogP contribution in [-0.2, 0) is 0 Å². The van der Waals surface area contributed by atoms with E-state index < -0.39 is 0 Å². The predicted molar refractivity (Wildman–Crippen MR) is 72.3 cm³/mol. The number of nitrogens with one attached hydrogen (secondary N) is 1. The molecule has 0 aromatic carbocycles. The highest BCUT2D eigenvalue weighted by molar-refractivity contribution is 5.54. The van der Waals surface area contributed by atoms with Gasteiger partial charge in [-0.25, -0.2) is 4.98 Å². The van der Waals surface area contributed by atoms with Crippen molar-refractivity contribution >= 4 is 5.82 Å². The van der Waals surface area contributed by atoms with Crippen molar-refractivity contribution in [2.24, 2.45) is 5.92 Å². The van der Waals surface area contributed by atoms with Gasteiger partial charge in [-0.05, 0) is 18.8 Å². The summed E-state index contributed by atoms with van der Waals surface area (Å²) in [5.74, 6) is 2.38. The van der Waals surface area contributed by atoms with E-state index in [-0.39, 0.29) is 0 Å². The zero-order chi connectivity index (χ0) is 13.4. The molecule has 0 radical (unpaired) electrons. The molecule has 1 N–H and O–H groups in total. The van der Waals surface area contributed by atoms with Gasteiger partial charge in [0.1, 0.15) is 6.33 Å². The Morgan fingerprint density at radius 2 is 2.11 bits per heavy atom. The normalized spacial score (nSPS) is 10.5. The van der Waals surface area contributed by atoms with Crippen LogP contribution in [0.15, 0.2) is 6.33 Å². The van der Waals surface area contributed by atoms with Crippen molar-refractivity contribution in [2.75, 3.05) is 25.6 Å². The van der Waals surface area contributed by atoms with Crippen LogP contribution in [0.3, 0.4) is 0 Å². The van der Waals surface area contributed by atoms with Crippen molar-refractivity contribution in [3.63, 3.8) is 0 Å². The number of anilines is 1. The fraction of sp³-hybridized carbons (Fsp3) is 0.692. The first-order valence-electron chi connectivity index (χ1n) is 6.44. The molecule has 0 fully saturated rings. The minimum atomic E-state index is 0.506. The van der Waals surface area contributed by atoms with E-state index in [9.17, 15) is 0 Å². The molecule has 0 amide bonds. The van der Waals surface area contributed by atoms with Crippen LogP contribution < -0.4 is 14.8 Å². The first kappa shape index (κ1) is 14.5. The Morgan fingerprint density at radius 3 is 2.72 bits per heavy atom. The zero-order valence-electron chi connectivity index (χ0n) is 11.7. The predicted octanol–water partition coefficient (Wildman–Crippen LogP) is 2.73. The standard InChI is InChI=1S/C13H23N3O2/c1-5-7-14-12-11(17-4)13(16-9-15-12)18-8-6-10(2)3/h9-10H,5-8H2,1-4H3,(H,14,15,16). The molecule has 0 bridgehead atoms. The molecule has 0 aliphatic carbocycles. The summed E-state index contributed by atoms with van der Waals surface area (Å²) < 4.78 is 11.0. The summed E-state index contributed by atoms with van der Waals surface area (Å²) in [5.41, 5.74) is 0. The molecule has 0 saturated heterocycles. The summed E-state index contributed by atoms with van der Waals surface area (Å²) in [6, 6.07) is 0. The Morgan fingerprint density at radius 1 is 1.33 bits per heavy atom. The van der Waals surface area contributed by atoms with Crippen molar-refractivity contribution in [1.82, 2.24) is 9.97 Å². The highest BCUT2D eigenvalue weighted by Crippen LogP contribution is 2.30. The average molecular weight is 253 g/mol. The zero-order valence-corrected chi connectivity index (χ0v) is 11.7. The van der Waals surface area contributed by atoms with Crippen molar-refractivity contribution in [3.8, 4) is 11.6 Å². The molecule has 5 heteroatoms. The van der Waals surface area contributed by atoms with Crippen molar-refractivity contribution in [3.05, 3.63) is 6.33 Å².